The van der Waals surface area contributed by atoms with Crippen LogP contribution in [0.15, 0.2) is 4.99 Å². The lowest BCUT2D eigenvalue weighted by atomic mass is 9.98. The number of rotatable bonds is 4. The summed E-state index contributed by atoms with van der Waals surface area (Å²) >= 11 is 0. The van der Waals surface area contributed by atoms with E-state index in [1.54, 1.807) is 0 Å². The lowest BCUT2D eigenvalue weighted by Crippen LogP contribution is -2.56. The Balaban J connectivity index is 0.00000312. The standard InChI is InChI=1S/C17H33N5O2.HI/c1-5-24-16(23)14-7-6-8-22(12-14)17(18-2)19-11-15-13-20(3)9-10-21(15)4;/h14-15H,5-13H2,1-4H3,(H,18,19);1H/t14-,15?;/m1./s1. The molecule has 2 fully saturated rings. The van der Waals surface area contributed by atoms with Crippen molar-refractivity contribution in [3.63, 3.8) is 0 Å². The lowest BCUT2D eigenvalue weighted by molar-refractivity contribution is -0.149. The number of nitrogens with one attached hydrogen (secondary N) is 1. The predicted molar refractivity (Wildman–Crippen MR) is 112 cm³/mol. The third kappa shape index (κ3) is 6.56. The monoisotopic (exact) mass is 467 g/mol. The second-order valence-electron chi connectivity index (χ2n) is 6.86. The molecule has 2 heterocycles. The third-order valence-electron chi connectivity index (χ3n) is 5.03. The van der Waals surface area contributed by atoms with Crippen molar-refractivity contribution in [2.45, 2.75) is 25.8 Å². The molecule has 0 spiro atoms. The zero-order valence-electron chi connectivity index (χ0n) is 16.0. The van der Waals surface area contributed by atoms with Crippen LogP contribution in [0.4, 0.5) is 0 Å². The summed E-state index contributed by atoms with van der Waals surface area (Å²) in [4.78, 5) is 23.4. The van der Waals surface area contributed by atoms with E-state index in [2.05, 4.69) is 39.1 Å². The van der Waals surface area contributed by atoms with Crippen molar-refractivity contribution in [3.05, 3.63) is 0 Å². The van der Waals surface area contributed by atoms with Gasteiger partial charge in [0.15, 0.2) is 5.96 Å². The Morgan fingerprint density at radius 1 is 1.24 bits per heavy atom. The number of guanidine groups is 1. The van der Waals surface area contributed by atoms with Crippen LogP contribution in [0.1, 0.15) is 19.8 Å². The molecule has 25 heavy (non-hydrogen) atoms. The average molecular weight is 467 g/mol. The number of aliphatic imine (C=N–C) groups is 1. The van der Waals surface area contributed by atoms with E-state index in [0.29, 0.717) is 19.2 Å². The molecule has 2 aliphatic heterocycles. The smallest absolute Gasteiger partial charge is 0.310 e. The lowest BCUT2D eigenvalue weighted by Gasteiger charge is -2.39. The Morgan fingerprint density at radius 2 is 2.00 bits per heavy atom. The number of hydrogen-bond donors (Lipinski definition) is 1. The van der Waals surface area contributed by atoms with Crippen molar-refractivity contribution in [2.75, 3.05) is 67.0 Å². The van der Waals surface area contributed by atoms with Crippen LogP contribution >= 0.6 is 24.0 Å². The number of esters is 1. The van der Waals surface area contributed by atoms with Crippen molar-refractivity contribution >= 4 is 35.9 Å². The summed E-state index contributed by atoms with van der Waals surface area (Å²) in [6, 6.07) is 0.478. The Kier molecular flexibility index (Phi) is 10.0. The third-order valence-corrected chi connectivity index (χ3v) is 5.03. The fourth-order valence-corrected chi connectivity index (χ4v) is 3.49. The Morgan fingerprint density at radius 3 is 2.68 bits per heavy atom. The Bertz CT molecular complexity index is 449. The van der Waals surface area contributed by atoms with Gasteiger partial charge in [0, 0.05) is 52.4 Å². The summed E-state index contributed by atoms with van der Waals surface area (Å²) in [5.41, 5.74) is 0. The fraction of sp³-hybridized carbons (Fsp3) is 0.882. The van der Waals surface area contributed by atoms with E-state index >= 15 is 0 Å². The molecule has 1 N–H and O–H groups in total. The SMILES string of the molecule is CCOC(=O)[C@@H]1CCCN(C(=NC)NCC2CN(C)CCN2C)C1.I. The normalized spacial score (nSPS) is 26.1. The molecule has 1 unspecified atom stereocenters. The second-order valence-corrected chi connectivity index (χ2v) is 6.86. The Hall–Kier alpha value is -0.610. The summed E-state index contributed by atoms with van der Waals surface area (Å²) in [5.74, 6) is 0.776. The number of piperidine rings is 1. The largest absolute Gasteiger partial charge is 0.466 e. The summed E-state index contributed by atoms with van der Waals surface area (Å²) in [6.07, 6.45) is 1.90. The van der Waals surface area contributed by atoms with E-state index in [-0.39, 0.29) is 35.9 Å². The van der Waals surface area contributed by atoms with Crippen LogP contribution < -0.4 is 5.32 Å². The van der Waals surface area contributed by atoms with E-state index in [1.807, 2.05) is 14.0 Å². The summed E-state index contributed by atoms with van der Waals surface area (Å²) in [6.45, 7) is 8.08. The van der Waals surface area contributed by atoms with Crippen LogP contribution in [-0.4, -0.2) is 99.7 Å². The quantitative estimate of drug-likeness (QED) is 0.285. The highest BCUT2D eigenvalue weighted by Gasteiger charge is 2.29. The van der Waals surface area contributed by atoms with Crippen molar-refractivity contribution in [1.82, 2.24) is 20.0 Å². The van der Waals surface area contributed by atoms with Crippen LogP contribution in [0.5, 0.6) is 0 Å². The maximum absolute atomic E-state index is 12.0. The summed E-state index contributed by atoms with van der Waals surface area (Å²) < 4.78 is 5.19. The van der Waals surface area contributed by atoms with Gasteiger partial charge in [-0.05, 0) is 33.9 Å². The minimum Gasteiger partial charge on any atom is -0.466 e. The Labute approximate surface area is 169 Å². The van der Waals surface area contributed by atoms with Crippen LogP contribution in [0.25, 0.3) is 0 Å². The van der Waals surface area contributed by atoms with Crippen LogP contribution in [-0.2, 0) is 9.53 Å². The highest BCUT2D eigenvalue weighted by atomic mass is 127. The molecular formula is C17H34IN5O2. The van der Waals surface area contributed by atoms with Crippen LogP contribution in [0.2, 0.25) is 0 Å². The van der Waals surface area contributed by atoms with Gasteiger partial charge in [0.2, 0.25) is 0 Å². The molecule has 2 saturated heterocycles. The molecule has 7 nitrogen and oxygen atoms in total. The average Bonchev–Trinajstić information content (AvgIpc) is 2.59. The molecule has 2 atom stereocenters. The van der Waals surface area contributed by atoms with Crippen molar-refractivity contribution in [2.24, 2.45) is 10.9 Å². The van der Waals surface area contributed by atoms with Crippen molar-refractivity contribution < 1.29 is 9.53 Å². The van der Waals surface area contributed by atoms with Gasteiger partial charge in [-0.1, -0.05) is 0 Å². The van der Waals surface area contributed by atoms with Gasteiger partial charge in [-0.25, -0.2) is 0 Å². The summed E-state index contributed by atoms with van der Waals surface area (Å²) in [5, 5.41) is 3.51. The van der Waals surface area contributed by atoms with Gasteiger partial charge in [-0.3, -0.25) is 14.7 Å². The number of piperazine rings is 1. The maximum atomic E-state index is 12.0. The number of carbonyl (C=O) groups is 1. The number of carbonyl (C=O) groups excluding carboxylic acids is 1. The van der Waals surface area contributed by atoms with Crippen LogP contribution in [0, 0.1) is 5.92 Å². The number of halogens is 1. The molecule has 0 amide bonds. The van der Waals surface area contributed by atoms with Gasteiger partial charge in [-0.2, -0.15) is 0 Å². The maximum Gasteiger partial charge on any atom is 0.310 e. The number of ether oxygens (including phenoxy) is 1. The zero-order valence-corrected chi connectivity index (χ0v) is 18.4. The molecule has 2 rings (SSSR count). The molecule has 146 valence electrons. The van der Waals surface area contributed by atoms with Gasteiger partial charge in [0.1, 0.15) is 0 Å². The van der Waals surface area contributed by atoms with E-state index in [9.17, 15) is 4.79 Å². The number of hydrogen-bond acceptors (Lipinski definition) is 5. The number of likely N-dealkylation sites (tertiary alicyclic amines) is 1. The van der Waals surface area contributed by atoms with Gasteiger partial charge in [0.05, 0.1) is 12.5 Å². The first kappa shape index (κ1) is 22.4. The highest BCUT2D eigenvalue weighted by Crippen LogP contribution is 2.18. The fourth-order valence-electron chi connectivity index (χ4n) is 3.49. The molecule has 0 aliphatic carbocycles. The number of likely N-dealkylation sites (N-methyl/N-ethyl adjacent to an activating group) is 2. The molecule has 8 heteroatoms. The molecule has 0 aromatic rings. The van der Waals surface area contributed by atoms with E-state index in [1.165, 1.54) is 0 Å². The zero-order chi connectivity index (χ0) is 17.5. The molecule has 0 bridgehead atoms. The van der Waals surface area contributed by atoms with Crippen molar-refractivity contribution in [3.8, 4) is 0 Å². The van der Waals surface area contributed by atoms with E-state index in [4.69, 9.17) is 4.74 Å². The molecule has 2 aliphatic rings. The van der Waals surface area contributed by atoms with Gasteiger partial charge in [0.25, 0.3) is 0 Å². The van der Waals surface area contributed by atoms with Crippen molar-refractivity contribution in [1.29, 1.82) is 0 Å². The molecule has 0 radical (unpaired) electrons. The molecular weight excluding hydrogens is 433 g/mol. The van der Waals surface area contributed by atoms with Gasteiger partial charge < -0.3 is 19.9 Å². The first-order valence-corrected chi connectivity index (χ1v) is 9.06. The first-order valence-electron chi connectivity index (χ1n) is 9.06. The predicted octanol–water partition coefficient (Wildman–Crippen LogP) is 0.701. The molecule has 0 aromatic heterocycles. The molecule has 0 saturated carbocycles. The first-order chi connectivity index (χ1) is 11.5. The van der Waals surface area contributed by atoms with Gasteiger partial charge >= 0.3 is 5.97 Å². The second kappa shape index (κ2) is 11.2. The minimum atomic E-state index is -0.0775. The topological polar surface area (TPSA) is 60.4 Å². The highest BCUT2D eigenvalue weighted by molar-refractivity contribution is 14.0. The number of nitrogens with zero attached hydrogens (tertiary/aromatic N) is 4. The molecule has 0 aromatic carbocycles. The minimum absolute atomic E-state index is 0. The van der Waals surface area contributed by atoms with Gasteiger partial charge in [-0.15, -0.1) is 24.0 Å². The van der Waals surface area contributed by atoms with E-state index < -0.39 is 0 Å². The van der Waals surface area contributed by atoms with Crippen LogP contribution in [0.3, 0.4) is 0 Å². The van der Waals surface area contributed by atoms with E-state index in [0.717, 1.165) is 51.5 Å². The summed E-state index contributed by atoms with van der Waals surface area (Å²) in [7, 11) is 6.16.